The molecule has 1 saturated carbocycles. The number of hydrogen-bond acceptors (Lipinski definition) is 4. The van der Waals surface area contributed by atoms with Gasteiger partial charge in [0.25, 0.3) is 0 Å². The van der Waals surface area contributed by atoms with Crippen molar-refractivity contribution >= 4 is 11.8 Å². The van der Waals surface area contributed by atoms with Crippen molar-refractivity contribution in [3.8, 4) is 0 Å². The summed E-state index contributed by atoms with van der Waals surface area (Å²) in [6.07, 6.45) is 5.51. The fourth-order valence-corrected chi connectivity index (χ4v) is 3.33. The van der Waals surface area contributed by atoms with Crippen LogP contribution >= 0.6 is 0 Å². The highest BCUT2D eigenvalue weighted by Gasteiger charge is 2.32. The molecular formula is C16H28N4O2. The minimum Gasteiger partial charge on any atom is -0.352 e. The van der Waals surface area contributed by atoms with Crippen molar-refractivity contribution in [1.82, 2.24) is 20.4 Å². The van der Waals surface area contributed by atoms with E-state index in [-0.39, 0.29) is 23.9 Å². The molecule has 0 aromatic rings. The molecule has 22 heavy (non-hydrogen) atoms. The molecule has 3 rings (SSSR count). The first-order valence-electron chi connectivity index (χ1n) is 8.72. The van der Waals surface area contributed by atoms with Gasteiger partial charge in [0, 0.05) is 32.2 Å². The van der Waals surface area contributed by atoms with Crippen LogP contribution in [0, 0.1) is 0 Å². The van der Waals surface area contributed by atoms with Crippen LogP contribution in [0.3, 0.4) is 0 Å². The van der Waals surface area contributed by atoms with Gasteiger partial charge in [-0.3, -0.25) is 14.5 Å². The Balaban J connectivity index is 1.44. The van der Waals surface area contributed by atoms with Crippen LogP contribution in [0.15, 0.2) is 0 Å². The number of nitrogens with one attached hydrogen (secondary N) is 2. The highest BCUT2D eigenvalue weighted by molar-refractivity contribution is 5.83. The Morgan fingerprint density at radius 3 is 2.41 bits per heavy atom. The zero-order valence-corrected chi connectivity index (χ0v) is 13.5. The van der Waals surface area contributed by atoms with Crippen LogP contribution in [0.25, 0.3) is 0 Å². The van der Waals surface area contributed by atoms with Gasteiger partial charge in [-0.15, -0.1) is 0 Å². The maximum atomic E-state index is 12.5. The van der Waals surface area contributed by atoms with Crippen molar-refractivity contribution < 1.29 is 9.59 Å². The van der Waals surface area contributed by atoms with Crippen molar-refractivity contribution in [2.75, 3.05) is 32.7 Å². The van der Waals surface area contributed by atoms with Crippen LogP contribution in [0.5, 0.6) is 0 Å². The van der Waals surface area contributed by atoms with Crippen LogP contribution in [0.4, 0.5) is 0 Å². The molecule has 6 heteroatoms. The molecule has 0 spiro atoms. The number of piperidine rings is 1. The maximum absolute atomic E-state index is 12.5. The Bertz CT molecular complexity index is 410. The molecule has 2 N–H and O–H groups in total. The van der Waals surface area contributed by atoms with Gasteiger partial charge in [0.1, 0.15) is 0 Å². The lowest BCUT2D eigenvalue weighted by atomic mass is 10.0. The van der Waals surface area contributed by atoms with Crippen LogP contribution in [-0.2, 0) is 9.59 Å². The van der Waals surface area contributed by atoms with Gasteiger partial charge in [0.05, 0.1) is 12.1 Å². The SMILES string of the molecule is CC(C(=O)NC1CC1)N1CCN(C(=O)[C@H]2CCCCN2)CC1. The first kappa shape index (κ1) is 15.7. The van der Waals surface area contributed by atoms with Crippen molar-refractivity contribution in [3.63, 3.8) is 0 Å². The van der Waals surface area contributed by atoms with Gasteiger partial charge in [0.15, 0.2) is 0 Å². The lowest BCUT2D eigenvalue weighted by Gasteiger charge is -2.39. The molecule has 2 saturated heterocycles. The van der Waals surface area contributed by atoms with E-state index < -0.39 is 0 Å². The van der Waals surface area contributed by atoms with E-state index in [0.717, 1.165) is 58.4 Å². The molecule has 3 aliphatic rings. The zero-order chi connectivity index (χ0) is 15.5. The summed E-state index contributed by atoms with van der Waals surface area (Å²) in [5, 5.41) is 6.39. The summed E-state index contributed by atoms with van der Waals surface area (Å²) >= 11 is 0. The number of hydrogen-bond donors (Lipinski definition) is 2. The van der Waals surface area contributed by atoms with Gasteiger partial charge in [-0.1, -0.05) is 6.42 Å². The summed E-state index contributed by atoms with van der Waals surface area (Å²) in [5.41, 5.74) is 0. The second-order valence-electron chi connectivity index (χ2n) is 6.82. The number of carbonyl (C=O) groups is 2. The van der Waals surface area contributed by atoms with E-state index in [1.807, 2.05) is 11.8 Å². The van der Waals surface area contributed by atoms with Gasteiger partial charge in [-0.25, -0.2) is 0 Å². The topological polar surface area (TPSA) is 64.7 Å². The Morgan fingerprint density at radius 1 is 1.09 bits per heavy atom. The Kier molecular flexibility index (Phi) is 4.98. The predicted molar refractivity (Wildman–Crippen MR) is 84.4 cm³/mol. The van der Waals surface area contributed by atoms with Gasteiger partial charge >= 0.3 is 0 Å². The van der Waals surface area contributed by atoms with Gasteiger partial charge in [-0.2, -0.15) is 0 Å². The molecule has 0 radical (unpaired) electrons. The van der Waals surface area contributed by atoms with E-state index in [1.165, 1.54) is 6.42 Å². The van der Waals surface area contributed by atoms with Crippen molar-refractivity contribution in [2.24, 2.45) is 0 Å². The summed E-state index contributed by atoms with van der Waals surface area (Å²) < 4.78 is 0. The summed E-state index contributed by atoms with van der Waals surface area (Å²) in [6.45, 7) is 5.97. The monoisotopic (exact) mass is 308 g/mol. The largest absolute Gasteiger partial charge is 0.352 e. The highest BCUT2D eigenvalue weighted by atomic mass is 16.2. The van der Waals surface area contributed by atoms with Crippen LogP contribution in [0.2, 0.25) is 0 Å². The van der Waals surface area contributed by atoms with Crippen LogP contribution in [-0.4, -0.2) is 72.5 Å². The van der Waals surface area contributed by atoms with Gasteiger partial charge in [-0.05, 0) is 39.2 Å². The Morgan fingerprint density at radius 2 is 1.82 bits per heavy atom. The molecule has 1 aliphatic carbocycles. The summed E-state index contributed by atoms with van der Waals surface area (Å²) in [7, 11) is 0. The van der Waals surface area contributed by atoms with E-state index >= 15 is 0 Å². The molecule has 2 heterocycles. The second-order valence-corrected chi connectivity index (χ2v) is 6.82. The molecule has 3 fully saturated rings. The third kappa shape index (κ3) is 3.79. The third-order valence-electron chi connectivity index (χ3n) is 5.09. The van der Waals surface area contributed by atoms with E-state index in [2.05, 4.69) is 15.5 Å². The van der Waals surface area contributed by atoms with Crippen molar-refractivity contribution in [3.05, 3.63) is 0 Å². The molecule has 0 aromatic carbocycles. The quantitative estimate of drug-likeness (QED) is 0.764. The number of nitrogens with zero attached hydrogens (tertiary/aromatic N) is 2. The maximum Gasteiger partial charge on any atom is 0.239 e. The molecule has 2 amide bonds. The van der Waals surface area contributed by atoms with Crippen LogP contribution in [0.1, 0.15) is 39.0 Å². The standard InChI is InChI=1S/C16H28N4O2/c1-12(15(21)18-13-5-6-13)19-8-10-20(11-9-19)16(22)14-4-2-3-7-17-14/h12-14,17H,2-11H2,1H3,(H,18,21)/t12?,14-/m1/s1. The third-order valence-corrected chi connectivity index (χ3v) is 5.09. The number of amides is 2. The minimum absolute atomic E-state index is 0.0101. The number of carbonyl (C=O) groups excluding carboxylic acids is 2. The number of piperazine rings is 1. The smallest absolute Gasteiger partial charge is 0.239 e. The molecule has 124 valence electrons. The second kappa shape index (κ2) is 6.96. The summed E-state index contributed by atoms with van der Waals surface area (Å²) in [6, 6.07) is 0.330. The van der Waals surface area contributed by atoms with Crippen molar-refractivity contribution in [1.29, 1.82) is 0 Å². The number of rotatable bonds is 4. The van der Waals surface area contributed by atoms with E-state index in [0.29, 0.717) is 6.04 Å². The lowest BCUT2D eigenvalue weighted by molar-refractivity contribution is -0.136. The lowest BCUT2D eigenvalue weighted by Crippen LogP contribution is -2.58. The summed E-state index contributed by atoms with van der Waals surface area (Å²) in [4.78, 5) is 28.7. The molecule has 2 aliphatic heterocycles. The molecule has 6 nitrogen and oxygen atoms in total. The minimum atomic E-state index is -0.0920. The fourth-order valence-electron chi connectivity index (χ4n) is 3.33. The molecule has 2 atom stereocenters. The van der Waals surface area contributed by atoms with Crippen LogP contribution < -0.4 is 10.6 Å². The normalized spacial score (nSPS) is 28.2. The summed E-state index contributed by atoms with van der Waals surface area (Å²) in [5.74, 6) is 0.380. The first-order valence-corrected chi connectivity index (χ1v) is 8.72. The first-order chi connectivity index (χ1) is 10.6. The van der Waals surface area contributed by atoms with E-state index in [9.17, 15) is 9.59 Å². The van der Waals surface area contributed by atoms with E-state index in [1.54, 1.807) is 0 Å². The molecular weight excluding hydrogens is 280 g/mol. The molecule has 0 bridgehead atoms. The zero-order valence-electron chi connectivity index (χ0n) is 13.5. The average molecular weight is 308 g/mol. The van der Waals surface area contributed by atoms with Gasteiger partial charge < -0.3 is 15.5 Å². The van der Waals surface area contributed by atoms with Gasteiger partial charge in [0.2, 0.25) is 11.8 Å². The Labute approximate surface area is 132 Å². The predicted octanol–water partition coefficient (Wildman–Crippen LogP) is -0.0602. The fraction of sp³-hybridized carbons (Fsp3) is 0.875. The Hall–Kier alpha value is -1.14. The van der Waals surface area contributed by atoms with E-state index in [4.69, 9.17) is 0 Å². The average Bonchev–Trinajstić information content (AvgIpc) is 3.38. The molecule has 1 unspecified atom stereocenters. The van der Waals surface area contributed by atoms with Crippen molar-refractivity contribution in [2.45, 2.75) is 57.2 Å². The highest BCUT2D eigenvalue weighted by Crippen LogP contribution is 2.19. The molecule has 0 aromatic heterocycles.